The molecule has 0 bridgehead atoms. The summed E-state index contributed by atoms with van der Waals surface area (Å²) in [4.78, 5) is 23.6. The summed E-state index contributed by atoms with van der Waals surface area (Å²) in [5.41, 5.74) is 2.04. The van der Waals surface area contributed by atoms with Gasteiger partial charge in [-0.2, -0.15) is 0 Å². The summed E-state index contributed by atoms with van der Waals surface area (Å²) < 4.78 is 0. The van der Waals surface area contributed by atoms with Crippen LogP contribution in [0.2, 0.25) is 0 Å². The molecule has 0 saturated heterocycles. The van der Waals surface area contributed by atoms with Gasteiger partial charge in [0.25, 0.3) is 0 Å². The van der Waals surface area contributed by atoms with E-state index >= 15 is 0 Å². The van der Waals surface area contributed by atoms with E-state index in [0.717, 1.165) is 29.7 Å². The molecule has 1 saturated carbocycles. The quantitative estimate of drug-likeness (QED) is 0.886. The van der Waals surface area contributed by atoms with Gasteiger partial charge in [0.15, 0.2) is 0 Å². The van der Waals surface area contributed by atoms with Crippen LogP contribution < -0.4 is 5.32 Å². The standard InChI is InChI=1S/C16H21NO3/c1-11-7-12(2)9-13(8-11)17-14(18)10-16(15(19)20)5-3-4-6-16/h7-9H,3-6,10H2,1-2H3,(H,17,18)(H,19,20). The van der Waals surface area contributed by atoms with Gasteiger partial charge in [-0.25, -0.2) is 0 Å². The molecule has 20 heavy (non-hydrogen) atoms. The van der Waals surface area contributed by atoms with Crippen molar-refractivity contribution < 1.29 is 14.7 Å². The van der Waals surface area contributed by atoms with E-state index in [2.05, 4.69) is 5.32 Å². The number of hydrogen-bond acceptors (Lipinski definition) is 2. The fourth-order valence-electron chi connectivity index (χ4n) is 3.08. The highest BCUT2D eigenvalue weighted by atomic mass is 16.4. The van der Waals surface area contributed by atoms with Gasteiger partial charge in [-0.1, -0.05) is 18.9 Å². The molecule has 1 aromatic carbocycles. The van der Waals surface area contributed by atoms with Crippen molar-refractivity contribution in [2.24, 2.45) is 5.41 Å². The SMILES string of the molecule is Cc1cc(C)cc(NC(=O)CC2(C(=O)O)CCCC2)c1. The number of carbonyl (C=O) groups excluding carboxylic acids is 1. The summed E-state index contributed by atoms with van der Waals surface area (Å²) in [5, 5.41) is 12.2. The number of amides is 1. The molecule has 1 aromatic rings. The lowest BCUT2D eigenvalue weighted by atomic mass is 9.82. The summed E-state index contributed by atoms with van der Waals surface area (Å²) >= 11 is 0. The van der Waals surface area contributed by atoms with E-state index in [0.29, 0.717) is 12.8 Å². The third-order valence-electron chi connectivity index (χ3n) is 4.02. The minimum absolute atomic E-state index is 0.0648. The summed E-state index contributed by atoms with van der Waals surface area (Å²) in [5.74, 6) is -1.05. The van der Waals surface area contributed by atoms with E-state index in [1.807, 2.05) is 32.0 Å². The van der Waals surface area contributed by atoms with Crippen LogP contribution in [0.4, 0.5) is 5.69 Å². The van der Waals surface area contributed by atoms with Crippen LogP contribution in [0.5, 0.6) is 0 Å². The number of rotatable bonds is 4. The van der Waals surface area contributed by atoms with Crippen LogP contribution in [0.3, 0.4) is 0 Å². The zero-order chi connectivity index (χ0) is 14.8. The Morgan fingerprint density at radius 3 is 2.20 bits per heavy atom. The fraction of sp³-hybridized carbons (Fsp3) is 0.500. The number of benzene rings is 1. The van der Waals surface area contributed by atoms with Gasteiger partial charge in [0, 0.05) is 12.1 Å². The number of hydrogen-bond donors (Lipinski definition) is 2. The summed E-state index contributed by atoms with van der Waals surface area (Å²) in [6.45, 7) is 3.94. The first kappa shape index (κ1) is 14.6. The Kier molecular flexibility index (Phi) is 4.12. The van der Waals surface area contributed by atoms with Gasteiger partial charge in [-0.05, 0) is 49.9 Å². The lowest BCUT2D eigenvalue weighted by Crippen LogP contribution is -2.32. The van der Waals surface area contributed by atoms with Gasteiger partial charge in [0.2, 0.25) is 5.91 Å². The topological polar surface area (TPSA) is 66.4 Å². The molecule has 1 aliphatic carbocycles. The molecule has 0 spiro atoms. The van der Waals surface area contributed by atoms with Crippen molar-refractivity contribution in [1.82, 2.24) is 0 Å². The van der Waals surface area contributed by atoms with Crippen molar-refractivity contribution in [3.05, 3.63) is 29.3 Å². The Labute approximate surface area is 119 Å². The number of anilines is 1. The average molecular weight is 275 g/mol. The van der Waals surface area contributed by atoms with Gasteiger partial charge in [-0.3, -0.25) is 9.59 Å². The van der Waals surface area contributed by atoms with Crippen molar-refractivity contribution in [3.63, 3.8) is 0 Å². The molecule has 2 rings (SSSR count). The molecule has 2 N–H and O–H groups in total. The molecule has 0 radical (unpaired) electrons. The molecule has 4 heteroatoms. The molecular formula is C16H21NO3. The van der Waals surface area contributed by atoms with Crippen molar-refractivity contribution >= 4 is 17.6 Å². The second-order valence-corrected chi connectivity index (χ2v) is 5.89. The van der Waals surface area contributed by atoms with E-state index < -0.39 is 11.4 Å². The third-order valence-corrected chi connectivity index (χ3v) is 4.02. The Bertz CT molecular complexity index is 510. The predicted octanol–water partition coefficient (Wildman–Crippen LogP) is 3.28. The van der Waals surface area contributed by atoms with Crippen LogP contribution in [-0.4, -0.2) is 17.0 Å². The molecule has 0 atom stereocenters. The Balaban J connectivity index is 2.06. The second-order valence-electron chi connectivity index (χ2n) is 5.89. The molecule has 0 aromatic heterocycles. The third kappa shape index (κ3) is 3.18. The molecule has 0 heterocycles. The first-order valence-electron chi connectivity index (χ1n) is 7.03. The maximum Gasteiger partial charge on any atom is 0.310 e. The summed E-state index contributed by atoms with van der Waals surface area (Å²) in [6.07, 6.45) is 3.05. The van der Waals surface area contributed by atoms with E-state index in [1.54, 1.807) is 0 Å². The largest absolute Gasteiger partial charge is 0.481 e. The van der Waals surface area contributed by atoms with Crippen LogP contribution in [-0.2, 0) is 9.59 Å². The Morgan fingerprint density at radius 1 is 1.15 bits per heavy atom. The van der Waals surface area contributed by atoms with E-state index in [1.165, 1.54) is 0 Å². The lowest BCUT2D eigenvalue weighted by Gasteiger charge is -2.23. The van der Waals surface area contributed by atoms with Gasteiger partial charge in [0.05, 0.1) is 5.41 Å². The van der Waals surface area contributed by atoms with E-state index in [-0.39, 0.29) is 12.3 Å². The molecular weight excluding hydrogens is 254 g/mol. The second kappa shape index (κ2) is 5.65. The van der Waals surface area contributed by atoms with E-state index in [9.17, 15) is 14.7 Å². The first-order valence-corrected chi connectivity index (χ1v) is 7.03. The summed E-state index contributed by atoms with van der Waals surface area (Å²) in [7, 11) is 0. The van der Waals surface area contributed by atoms with Gasteiger partial charge >= 0.3 is 5.97 Å². The zero-order valence-electron chi connectivity index (χ0n) is 12.0. The Morgan fingerprint density at radius 2 is 1.70 bits per heavy atom. The van der Waals surface area contributed by atoms with Gasteiger partial charge in [0.1, 0.15) is 0 Å². The minimum Gasteiger partial charge on any atom is -0.481 e. The number of carboxylic acid groups (broad SMARTS) is 1. The lowest BCUT2D eigenvalue weighted by molar-refractivity contribution is -0.150. The molecule has 108 valence electrons. The highest BCUT2D eigenvalue weighted by molar-refractivity contribution is 5.94. The average Bonchev–Trinajstić information content (AvgIpc) is 2.76. The minimum atomic E-state index is -0.858. The monoisotopic (exact) mass is 275 g/mol. The zero-order valence-corrected chi connectivity index (χ0v) is 12.0. The molecule has 1 aliphatic rings. The molecule has 4 nitrogen and oxygen atoms in total. The summed E-state index contributed by atoms with van der Waals surface area (Å²) in [6, 6.07) is 5.82. The number of carboxylic acids is 1. The van der Waals surface area contributed by atoms with Gasteiger partial charge < -0.3 is 10.4 Å². The normalized spacial score (nSPS) is 16.9. The predicted molar refractivity (Wildman–Crippen MR) is 77.7 cm³/mol. The maximum atomic E-state index is 12.1. The number of aliphatic carboxylic acids is 1. The number of nitrogens with one attached hydrogen (secondary N) is 1. The molecule has 1 amide bonds. The van der Waals surface area contributed by atoms with Gasteiger partial charge in [-0.15, -0.1) is 0 Å². The van der Waals surface area contributed by atoms with Crippen LogP contribution in [0.1, 0.15) is 43.2 Å². The fourth-order valence-corrected chi connectivity index (χ4v) is 3.08. The number of aryl methyl sites for hydroxylation is 2. The molecule has 0 unspecified atom stereocenters. The van der Waals surface area contributed by atoms with E-state index in [4.69, 9.17) is 0 Å². The number of carbonyl (C=O) groups is 2. The maximum absolute atomic E-state index is 12.1. The van der Waals surface area contributed by atoms with Crippen molar-refractivity contribution in [3.8, 4) is 0 Å². The molecule has 0 aliphatic heterocycles. The van der Waals surface area contributed by atoms with Crippen LogP contribution in [0, 0.1) is 19.3 Å². The van der Waals surface area contributed by atoms with Crippen LogP contribution >= 0.6 is 0 Å². The highest BCUT2D eigenvalue weighted by Gasteiger charge is 2.42. The van der Waals surface area contributed by atoms with Crippen molar-refractivity contribution in [2.75, 3.05) is 5.32 Å². The highest BCUT2D eigenvalue weighted by Crippen LogP contribution is 2.41. The van der Waals surface area contributed by atoms with Crippen molar-refractivity contribution in [1.29, 1.82) is 0 Å². The van der Waals surface area contributed by atoms with Crippen LogP contribution in [0.25, 0.3) is 0 Å². The van der Waals surface area contributed by atoms with Crippen LogP contribution in [0.15, 0.2) is 18.2 Å². The molecule has 1 fully saturated rings. The van der Waals surface area contributed by atoms with Crippen molar-refractivity contribution in [2.45, 2.75) is 46.0 Å². The smallest absolute Gasteiger partial charge is 0.310 e. The first-order chi connectivity index (χ1) is 9.41. The Hall–Kier alpha value is -1.84.